The van der Waals surface area contributed by atoms with E-state index in [0.29, 0.717) is 0 Å². The van der Waals surface area contributed by atoms with Gasteiger partial charge in [-0.1, -0.05) is 0 Å². The smallest absolute Gasteiger partial charge is 0.0895 e. The molecule has 2 unspecified atom stereocenters. The number of rotatable bonds is 5. The predicted octanol–water partition coefficient (Wildman–Crippen LogP) is -0.911. The van der Waals surface area contributed by atoms with E-state index in [-0.39, 0.29) is 13.2 Å². The first-order valence-electron chi connectivity index (χ1n) is 4.12. The van der Waals surface area contributed by atoms with Crippen molar-refractivity contribution in [3.8, 4) is 0 Å². The number of hydrogen-bond donors (Lipinski definition) is 4. The van der Waals surface area contributed by atoms with Gasteiger partial charge in [0.25, 0.3) is 0 Å². The highest BCUT2D eigenvalue weighted by Crippen LogP contribution is 2.07. The number of hydrogen-bond acceptors (Lipinski definition) is 4. The zero-order valence-electron chi connectivity index (χ0n) is 7.91. The Bertz CT molecular complexity index is 125. The van der Waals surface area contributed by atoms with Crippen molar-refractivity contribution in [1.29, 1.82) is 0 Å². The van der Waals surface area contributed by atoms with E-state index in [4.69, 9.17) is 10.2 Å². The van der Waals surface area contributed by atoms with Crippen LogP contribution in [0.4, 0.5) is 0 Å². The molecule has 12 heavy (non-hydrogen) atoms. The molecule has 0 fully saturated rings. The van der Waals surface area contributed by atoms with E-state index in [1.54, 1.807) is 6.92 Å². The lowest BCUT2D eigenvalue weighted by molar-refractivity contribution is 0.0596. The highest BCUT2D eigenvalue weighted by atomic mass is 16.3. The van der Waals surface area contributed by atoms with Gasteiger partial charge in [0.15, 0.2) is 0 Å². The summed E-state index contributed by atoms with van der Waals surface area (Å²) in [4.78, 5) is 0. The fourth-order valence-electron chi connectivity index (χ4n) is 0.593. The second-order valence-corrected chi connectivity index (χ2v) is 3.61. The molecule has 0 saturated carbocycles. The number of nitrogens with one attached hydrogen (secondary N) is 1. The van der Waals surface area contributed by atoms with Crippen LogP contribution in [0.5, 0.6) is 0 Å². The Balaban J connectivity index is 3.75. The molecule has 4 nitrogen and oxygen atoms in total. The first-order valence-corrected chi connectivity index (χ1v) is 4.12. The normalized spacial score (nSPS) is 17.5. The van der Waals surface area contributed by atoms with Crippen molar-refractivity contribution in [3.63, 3.8) is 0 Å². The van der Waals surface area contributed by atoms with Gasteiger partial charge in [0, 0.05) is 12.1 Å². The summed E-state index contributed by atoms with van der Waals surface area (Å²) in [6, 6.07) is 0. The van der Waals surface area contributed by atoms with Crippen LogP contribution in [0.25, 0.3) is 0 Å². The molecule has 0 aliphatic carbocycles. The zero-order valence-corrected chi connectivity index (χ0v) is 7.91. The molecule has 4 heteroatoms. The predicted molar refractivity (Wildman–Crippen MR) is 46.9 cm³/mol. The molecule has 0 rings (SSSR count). The molecular weight excluding hydrogens is 158 g/mol. The topological polar surface area (TPSA) is 72.7 Å². The van der Waals surface area contributed by atoms with E-state index in [1.807, 2.05) is 13.8 Å². The third kappa shape index (κ3) is 4.01. The molecular formula is C8H19NO3. The molecule has 0 aromatic rings. The average Bonchev–Trinajstić information content (AvgIpc) is 2.00. The van der Waals surface area contributed by atoms with Crippen LogP contribution in [0, 0.1) is 0 Å². The van der Waals surface area contributed by atoms with E-state index in [1.165, 1.54) is 0 Å². The van der Waals surface area contributed by atoms with Gasteiger partial charge in [-0.2, -0.15) is 0 Å². The Labute approximate surface area is 73.2 Å². The molecule has 0 aromatic carbocycles. The number of aliphatic hydroxyl groups is 3. The zero-order chi connectivity index (χ0) is 9.78. The van der Waals surface area contributed by atoms with E-state index in [0.717, 1.165) is 0 Å². The molecule has 0 amide bonds. The minimum absolute atomic E-state index is 0.261. The van der Waals surface area contributed by atoms with Crippen molar-refractivity contribution in [2.24, 2.45) is 0 Å². The summed E-state index contributed by atoms with van der Waals surface area (Å²) in [6.45, 7) is 5.37. The Morgan fingerprint density at radius 3 is 2.17 bits per heavy atom. The van der Waals surface area contributed by atoms with Crippen LogP contribution in [-0.2, 0) is 0 Å². The minimum atomic E-state index is -0.761. The van der Waals surface area contributed by atoms with E-state index >= 15 is 0 Å². The molecule has 74 valence electrons. The molecule has 2 atom stereocenters. The van der Waals surface area contributed by atoms with Gasteiger partial charge < -0.3 is 20.6 Å². The largest absolute Gasteiger partial charge is 0.394 e. The van der Waals surface area contributed by atoms with Crippen molar-refractivity contribution in [1.82, 2.24) is 5.32 Å². The summed E-state index contributed by atoms with van der Waals surface area (Å²) in [6.07, 6.45) is -1.26. The summed E-state index contributed by atoms with van der Waals surface area (Å²) in [7, 11) is 0. The SMILES string of the molecule is CC(O)C(C)(C)NCC(O)CO. The lowest BCUT2D eigenvalue weighted by atomic mass is 9.99. The Hall–Kier alpha value is -0.160. The van der Waals surface area contributed by atoms with Crippen LogP contribution in [-0.4, -0.2) is 46.2 Å². The molecule has 0 aliphatic heterocycles. The Morgan fingerprint density at radius 2 is 1.83 bits per heavy atom. The second kappa shape index (κ2) is 4.77. The Morgan fingerprint density at radius 1 is 1.33 bits per heavy atom. The maximum Gasteiger partial charge on any atom is 0.0895 e. The van der Waals surface area contributed by atoms with Crippen LogP contribution in [0.1, 0.15) is 20.8 Å². The van der Waals surface area contributed by atoms with E-state index in [9.17, 15) is 5.11 Å². The van der Waals surface area contributed by atoms with Gasteiger partial charge >= 0.3 is 0 Å². The van der Waals surface area contributed by atoms with Crippen LogP contribution in [0.2, 0.25) is 0 Å². The molecule has 0 heterocycles. The van der Waals surface area contributed by atoms with Gasteiger partial charge in [0.05, 0.1) is 18.8 Å². The second-order valence-electron chi connectivity index (χ2n) is 3.61. The van der Waals surface area contributed by atoms with E-state index in [2.05, 4.69) is 5.32 Å². The van der Waals surface area contributed by atoms with Crippen molar-refractivity contribution in [3.05, 3.63) is 0 Å². The molecule has 0 bridgehead atoms. The number of aliphatic hydroxyl groups excluding tert-OH is 3. The highest BCUT2D eigenvalue weighted by Gasteiger charge is 2.23. The average molecular weight is 177 g/mol. The van der Waals surface area contributed by atoms with Crippen molar-refractivity contribution >= 4 is 0 Å². The summed E-state index contributed by atoms with van der Waals surface area (Å²) in [5.74, 6) is 0. The van der Waals surface area contributed by atoms with Crippen LogP contribution in [0.3, 0.4) is 0 Å². The van der Waals surface area contributed by atoms with Crippen LogP contribution < -0.4 is 5.32 Å². The van der Waals surface area contributed by atoms with Crippen LogP contribution in [0.15, 0.2) is 0 Å². The Kier molecular flexibility index (Phi) is 4.70. The first kappa shape index (κ1) is 11.8. The standard InChI is InChI=1S/C8H19NO3/c1-6(11)8(2,3)9-4-7(12)5-10/h6-7,9-12H,4-5H2,1-3H3. The lowest BCUT2D eigenvalue weighted by Gasteiger charge is -2.30. The van der Waals surface area contributed by atoms with Crippen molar-refractivity contribution < 1.29 is 15.3 Å². The van der Waals surface area contributed by atoms with E-state index < -0.39 is 17.7 Å². The molecule has 0 aliphatic rings. The third-order valence-corrected chi connectivity index (χ3v) is 2.05. The summed E-state index contributed by atoms with van der Waals surface area (Å²) >= 11 is 0. The number of β-amino-alcohol motifs (C(OH)–C–C–N with tert-alkyl or cyclic N) is 1. The molecule has 0 radical (unpaired) electrons. The maximum atomic E-state index is 9.26. The highest BCUT2D eigenvalue weighted by molar-refractivity contribution is 4.83. The van der Waals surface area contributed by atoms with Crippen LogP contribution >= 0.6 is 0 Å². The van der Waals surface area contributed by atoms with Crippen molar-refractivity contribution in [2.75, 3.05) is 13.2 Å². The third-order valence-electron chi connectivity index (χ3n) is 2.05. The molecule has 0 spiro atoms. The van der Waals surface area contributed by atoms with Gasteiger partial charge in [-0.15, -0.1) is 0 Å². The monoisotopic (exact) mass is 177 g/mol. The quantitative estimate of drug-likeness (QED) is 0.438. The summed E-state index contributed by atoms with van der Waals surface area (Å²) in [5, 5.41) is 29.7. The fraction of sp³-hybridized carbons (Fsp3) is 1.00. The van der Waals surface area contributed by atoms with Crippen molar-refractivity contribution in [2.45, 2.75) is 38.5 Å². The summed E-state index contributed by atoms with van der Waals surface area (Å²) < 4.78 is 0. The fourth-order valence-corrected chi connectivity index (χ4v) is 0.593. The minimum Gasteiger partial charge on any atom is -0.394 e. The van der Waals surface area contributed by atoms with Gasteiger partial charge in [-0.3, -0.25) is 0 Å². The molecule has 0 saturated heterocycles. The van der Waals surface area contributed by atoms with Gasteiger partial charge in [0.2, 0.25) is 0 Å². The van der Waals surface area contributed by atoms with Gasteiger partial charge in [0.1, 0.15) is 0 Å². The molecule has 4 N–H and O–H groups in total. The maximum absolute atomic E-state index is 9.26. The summed E-state index contributed by atoms with van der Waals surface area (Å²) in [5.41, 5.74) is -0.434. The van der Waals surface area contributed by atoms with Gasteiger partial charge in [-0.05, 0) is 20.8 Å². The first-order chi connectivity index (χ1) is 5.40. The van der Waals surface area contributed by atoms with Gasteiger partial charge in [-0.25, -0.2) is 0 Å². The molecule has 0 aromatic heterocycles. The lowest BCUT2D eigenvalue weighted by Crippen LogP contribution is -2.51.